The number of aryl methyl sites for hydroxylation is 1. The molecule has 2 N–H and O–H groups in total. The van der Waals surface area contributed by atoms with Gasteiger partial charge in [-0.2, -0.15) is 0 Å². The lowest BCUT2D eigenvalue weighted by Gasteiger charge is -2.24. The number of nitrogens with two attached hydrogens (primary N) is 1. The molecule has 0 radical (unpaired) electrons. The van der Waals surface area contributed by atoms with Crippen LogP contribution in [-0.4, -0.2) is 23.4 Å². The van der Waals surface area contributed by atoms with Crippen LogP contribution in [0.25, 0.3) is 0 Å². The SMILES string of the molecule is Cc1cc(N)cc(C(=O)N(CCC(C)C)C2CC2)c1F. The lowest BCUT2D eigenvalue weighted by Crippen LogP contribution is -2.35. The van der Waals surface area contributed by atoms with Crippen LogP contribution in [0.3, 0.4) is 0 Å². The number of nitrogen functional groups attached to an aromatic ring is 1. The monoisotopic (exact) mass is 278 g/mol. The van der Waals surface area contributed by atoms with Crippen LogP contribution in [0, 0.1) is 18.7 Å². The summed E-state index contributed by atoms with van der Waals surface area (Å²) in [6.45, 7) is 6.58. The maximum absolute atomic E-state index is 14.2. The molecular formula is C16H23FN2O. The molecule has 1 amide bonds. The number of carbonyl (C=O) groups is 1. The van der Waals surface area contributed by atoms with Crippen LogP contribution in [0.2, 0.25) is 0 Å². The fourth-order valence-corrected chi connectivity index (χ4v) is 2.34. The van der Waals surface area contributed by atoms with E-state index in [-0.39, 0.29) is 17.5 Å². The molecule has 1 aliphatic carbocycles. The topological polar surface area (TPSA) is 46.3 Å². The zero-order chi connectivity index (χ0) is 14.9. The summed E-state index contributed by atoms with van der Waals surface area (Å²) in [7, 11) is 0. The zero-order valence-electron chi connectivity index (χ0n) is 12.4. The third-order valence-electron chi connectivity index (χ3n) is 3.70. The third-order valence-corrected chi connectivity index (χ3v) is 3.70. The summed E-state index contributed by atoms with van der Waals surface area (Å²) in [6.07, 6.45) is 2.98. The molecule has 0 aliphatic heterocycles. The number of hydrogen-bond acceptors (Lipinski definition) is 2. The number of nitrogens with zero attached hydrogens (tertiary/aromatic N) is 1. The number of carbonyl (C=O) groups excluding carboxylic acids is 1. The summed E-state index contributed by atoms with van der Waals surface area (Å²) in [5, 5.41) is 0. The molecule has 0 heterocycles. The van der Waals surface area contributed by atoms with Gasteiger partial charge in [-0.05, 0) is 49.8 Å². The Kier molecular flexibility index (Phi) is 4.31. The van der Waals surface area contributed by atoms with Gasteiger partial charge in [0.05, 0.1) is 5.56 Å². The second-order valence-corrected chi connectivity index (χ2v) is 6.11. The number of halogens is 1. The molecular weight excluding hydrogens is 255 g/mol. The molecule has 0 unspecified atom stereocenters. The zero-order valence-corrected chi connectivity index (χ0v) is 12.4. The van der Waals surface area contributed by atoms with Crippen LogP contribution in [0.5, 0.6) is 0 Å². The molecule has 1 aliphatic rings. The van der Waals surface area contributed by atoms with E-state index < -0.39 is 5.82 Å². The van der Waals surface area contributed by atoms with Crippen molar-refractivity contribution in [2.24, 2.45) is 5.92 Å². The Morgan fingerprint density at radius 2 is 2.10 bits per heavy atom. The predicted octanol–water partition coefficient (Wildman–Crippen LogP) is 3.37. The van der Waals surface area contributed by atoms with Gasteiger partial charge in [0.1, 0.15) is 5.82 Å². The Hall–Kier alpha value is -1.58. The largest absolute Gasteiger partial charge is 0.399 e. The lowest BCUT2D eigenvalue weighted by molar-refractivity contribution is 0.0730. The highest BCUT2D eigenvalue weighted by atomic mass is 19.1. The van der Waals surface area contributed by atoms with Gasteiger partial charge in [0.15, 0.2) is 0 Å². The number of amides is 1. The fraction of sp³-hybridized carbons (Fsp3) is 0.562. The summed E-state index contributed by atoms with van der Waals surface area (Å²) in [5.41, 5.74) is 6.71. The molecule has 0 atom stereocenters. The first-order chi connectivity index (χ1) is 9.40. The van der Waals surface area contributed by atoms with Crippen LogP contribution >= 0.6 is 0 Å². The molecule has 1 aromatic carbocycles. The van der Waals surface area contributed by atoms with Crippen molar-refractivity contribution >= 4 is 11.6 Å². The molecule has 1 aromatic rings. The maximum Gasteiger partial charge on any atom is 0.257 e. The molecule has 0 aromatic heterocycles. The van der Waals surface area contributed by atoms with Gasteiger partial charge in [0.25, 0.3) is 5.91 Å². The van der Waals surface area contributed by atoms with Gasteiger partial charge in [-0.3, -0.25) is 4.79 Å². The number of benzene rings is 1. The lowest BCUT2D eigenvalue weighted by atomic mass is 10.1. The van der Waals surface area contributed by atoms with Crippen molar-refractivity contribution in [1.82, 2.24) is 4.90 Å². The number of hydrogen-bond donors (Lipinski definition) is 1. The van der Waals surface area contributed by atoms with Crippen LogP contribution < -0.4 is 5.73 Å². The van der Waals surface area contributed by atoms with Gasteiger partial charge in [-0.25, -0.2) is 4.39 Å². The van der Waals surface area contributed by atoms with E-state index in [4.69, 9.17) is 5.73 Å². The van der Waals surface area contributed by atoms with E-state index in [9.17, 15) is 9.18 Å². The molecule has 0 saturated heterocycles. The van der Waals surface area contributed by atoms with E-state index in [1.807, 2.05) is 4.90 Å². The van der Waals surface area contributed by atoms with Gasteiger partial charge in [-0.15, -0.1) is 0 Å². The minimum absolute atomic E-state index is 0.109. The second kappa shape index (κ2) is 5.81. The van der Waals surface area contributed by atoms with Gasteiger partial charge in [-0.1, -0.05) is 13.8 Å². The summed E-state index contributed by atoms with van der Waals surface area (Å²) in [6, 6.07) is 3.29. The highest BCUT2D eigenvalue weighted by molar-refractivity contribution is 5.96. The molecule has 1 saturated carbocycles. The average Bonchev–Trinajstić information content (AvgIpc) is 3.17. The Balaban J connectivity index is 2.23. The Bertz CT molecular complexity index is 509. The van der Waals surface area contributed by atoms with Crippen LogP contribution in [0.15, 0.2) is 12.1 Å². The quantitative estimate of drug-likeness (QED) is 0.839. The maximum atomic E-state index is 14.2. The molecule has 20 heavy (non-hydrogen) atoms. The van der Waals surface area contributed by atoms with E-state index in [1.165, 1.54) is 6.07 Å². The number of rotatable bonds is 5. The summed E-state index contributed by atoms with van der Waals surface area (Å²) in [4.78, 5) is 14.4. The second-order valence-electron chi connectivity index (χ2n) is 6.11. The minimum atomic E-state index is -0.445. The molecule has 0 bridgehead atoms. The van der Waals surface area contributed by atoms with Crippen molar-refractivity contribution in [2.75, 3.05) is 12.3 Å². The number of anilines is 1. The highest BCUT2D eigenvalue weighted by Crippen LogP contribution is 2.30. The van der Waals surface area contributed by atoms with E-state index >= 15 is 0 Å². The van der Waals surface area contributed by atoms with Crippen molar-refractivity contribution in [3.8, 4) is 0 Å². The van der Waals surface area contributed by atoms with Crippen LogP contribution in [-0.2, 0) is 0 Å². The van der Waals surface area contributed by atoms with Crippen molar-refractivity contribution in [3.63, 3.8) is 0 Å². The fourth-order valence-electron chi connectivity index (χ4n) is 2.34. The predicted molar refractivity (Wildman–Crippen MR) is 79.1 cm³/mol. The summed E-state index contributed by atoms with van der Waals surface area (Å²) in [5.74, 6) is -0.142. The normalized spacial score (nSPS) is 14.7. The third kappa shape index (κ3) is 3.30. The van der Waals surface area contributed by atoms with Crippen molar-refractivity contribution in [3.05, 3.63) is 29.1 Å². The van der Waals surface area contributed by atoms with Crippen molar-refractivity contribution < 1.29 is 9.18 Å². The first-order valence-corrected chi connectivity index (χ1v) is 7.26. The van der Waals surface area contributed by atoms with Crippen molar-refractivity contribution in [2.45, 2.75) is 46.1 Å². The smallest absolute Gasteiger partial charge is 0.257 e. The molecule has 0 spiro atoms. The van der Waals surface area contributed by atoms with Crippen LogP contribution in [0.1, 0.15) is 49.0 Å². The summed E-state index contributed by atoms with van der Waals surface area (Å²) < 4.78 is 14.2. The van der Waals surface area contributed by atoms with Crippen LogP contribution in [0.4, 0.5) is 10.1 Å². The van der Waals surface area contributed by atoms with Crippen molar-refractivity contribution in [1.29, 1.82) is 0 Å². The first-order valence-electron chi connectivity index (χ1n) is 7.26. The van der Waals surface area contributed by atoms with E-state index in [2.05, 4.69) is 13.8 Å². The molecule has 110 valence electrons. The Morgan fingerprint density at radius 3 is 2.65 bits per heavy atom. The minimum Gasteiger partial charge on any atom is -0.399 e. The molecule has 3 nitrogen and oxygen atoms in total. The van der Waals surface area contributed by atoms with E-state index in [0.29, 0.717) is 23.7 Å². The van der Waals surface area contributed by atoms with E-state index in [1.54, 1.807) is 13.0 Å². The van der Waals surface area contributed by atoms with Gasteiger partial charge in [0, 0.05) is 18.3 Å². The van der Waals surface area contributed by atoms with Gasteiger partial charge >= 0.3 is 0 Å². The Morgan fingerprint density at radius 1 is 1.45 bits per heavy atom. The van der Waals surface area contributed by atoms with Gasteiger partial charge < -0.3 is 10.6 Å². The summed E-state index contributed by atoms with van der Waals surface area (Å²) >= 11 is 0. The average molecular weight is 278 g/mol. The standard InChI is InChI=1S/C16H23FN2O/c1-10(2)6-7-19(13-4-5-13)16(20)14-9-12(18)8-11(3)15(14)17/h8-10,13H,4-7,18H2,1-3H3. The van der Waals surface area contributed by atoms with E-state index in [0.717, 1.165) is 19.3 Å². The van der Waals surface area contributed by atoms with Gasteiger partial charge in [0.2, 0.25) is 0 Å². The molecule has 1 fully saturated rings. The Labute approximate surface area is 120 Å². The first kappa shape index (κ1) is 14.8. The molecule has 2 rings (SSSR count). The molecule has 4 heteroatoms. The highest BCUT2D eigenvalue weighted by Gasteiger charge is 2.34.